The van der Waals surface area contributed by atoms with Gasteiger partial charge in [0.15, 0.2) is 0 Å². The number of benzene rings is 1. The standard InChI is InChI=1S/C19H28N2O3/c1-13-10-11-16(24-4)15(12-13)21-18(23)19(2,3)17(22)20-14-8-6-5-7-9-14/h10-12,14H,5-9H2,1-4H3,(H,20,22)(H,21,23). The smallest absolute Gasteiger partial charge is 0.239 e. The lowest BCUT2D eigenvalue weighted by molar-refractivity contribution is -0.139. The molecule has 0 saturated heterocycles. The number of hydrogen-bond acceptors (Lipinski definition) is 3. The van der Waals surface area contributed by atoms with Crippen LogP contribution in [0.5, 0.6) is 5.75 Å². The highest BCUT2D eigenvalue weighted by Crippen LogP contribution is 2.28. The highest BCUT2D eigenvalue weighted by atomic mass is 16.5. The van der Waals surface area contributed by atoms with Gasteiger partial charge in [0.05, 0.1) is 12.8 Å². The fraction of sp³-hybridized carbons (Fsp3) is 0.579. The fourth-order valence-corrected chi connectivity index (χ4v) is 2.91. The zero-order chi connectivity index (χ0) is 17.7. The number of methoxy groups -OCH3 is 1. The lowest BCUT2D eigenvalue weighted by Crippen LogP contribution is -2.49. The van der Waals surface area contributed by atoms with Crippen molar-refractivity contribution >= 4 is 17.5 Å². The topological polar surface area (TPSA) is 67.4 Å². The summed E-state index contributed by atoms with van der Waals surface area (Å²) in [7, 11) is 1.56. The van der Waals surface area contributed by atoms with Gasteiger partial charge in [-0.25, -0.2) is 0 Å². The number of rotatable bonds is 5. The van der Waals surface area contributed by atoms with E-state index in [0.717, 1.165) is 31.2 Å². The van der Waals surface area contributed by atoms with Crippen LogP contribution in [0.15, 0.2) is 18.2 Å². The van der Waals surface area contributed by atoms with E-state index in [1.165, 1.54) is 6.42 Å². The Bertz CT molecular complexity index is 605. The maximum Gasteiger partial charge on any atom is 0.239 e. The Hall–Kier alpha value is -2.04. The molecule has 2 amide bonds. The number of aryl methyl sites for hydroxylation is 1. The quantitative estimate of drug-likeness (QED) is 0.812. The SMILES string of the molecule is COc1ccc(C)cc1NC(=O)C(C)(C)C(=O)NC1CCCCC1. The van der Waals surface area contributed by atoms with Crippen LogP contribution in [0, 0.1) is 12.3 Å². The number of hydrogen-bond donors (Lipinski definition) is 2. The number of anilines is 1. The van der Waals surface area contributed by atoms with Gasteiger partial charge in [-0.3, -0.25) is 9.59 Å². The van der Waals surface area contributed by atoms with Crippen LogP contribution in [0.3, 0.4) is 0 Å². The van der Waals surface area contributed by atoms with Crippen molar-refractivity contribution < 1.29 is 14.3 Å². The molecule has 0 aromatic heterocycles. The molecule has 1 aromatic carbocycles. The Kier molecular flexibility index (Phi) is 5.86. The van der Waals surface area contributed by atoms with E-state index in [1.54, 1.807) is 27.0 Å². The third kappa shape index (κ3) is 4.28. The van der Waals surface area contributed by atoms with E-state index in [0.29, 0.717) is 11.4 Å². The van der Waals surface area contributed by atoms with E-state index in [1.807, 2.05) is 19.1 Å². The Balaban J connectivity index is 2.06. The zero-order valence-electron chi connectivity index (χ0n) is 15.1. The Morgan fingerprint density at radius 3 is 2.42 bits per heavy atom. The number of nitrogens with one attached hydrogen (secondary N) is 2. The molecule has 0 atom stereocenters. The maximum absolute atomic E-state index is 12.7. The van der Waals surface area contributed by atoms with E-state index < -0.39 is 5.41 Å². The summed E-state index contributed by atoms with van der Waals surface area (Å²) in [6.07, 6.45) is 5.49. The first-order valence-corrected chi connectivity index (χ1v) is 8.61. The molecule has 5 nitrogen and oxygen atoms in total. The van der Waals surface area contributed by atoms with Gasteiger partial charge in [-0.2, -0.15) is 0 Å². The van der Waals surface area contributed by atoms with Gasteiger partial charge in [0.25, 0.3) is 0 Å². The molecule has 0 radical (unpaired) electrons. The van der Waals surface area contributed by atoms with Crippen molar-refractivity contribution in [3.63, 3.8) is 0 Å². The van der Waals surface area contributed by atoms with E-state index in [9.17, 15) is 9.59 Å². The highest BCUT2D eigenvalue weighted by molar-refractivity contribution is 6.10. The average molecular weight is 332 g/mol. The fourth-order valence-electron chi connectivity index (χ4n) is 2.91. The molecule has 0 aliphatic heterocycles. The minimum absolute atomic E-state index is 0.187. The molecule has 1 aliphatic rings. The number of amides is 2. The Morgan fingerprint density at radius 2 is 1.79 bits per heavy atom. The molecule has 0 spiro atoms. The molecular formula is C19H28N2O3. The number of carbonyl (C=O) groups excluding carboxylic acids is 2. The largest absolute Gasteiger partial charge is 0.495 e. The van der Waals surface area contributed by atoms with Gasteiger partial charge in [0, 0.05) is 6.04 Å². The van der Waals surface area contributed by atoms with Gasteiger partial charge >= 0.3 is 0 Å². The lowest BCUT2D eigenvalue weighted by atomic mass is 9.88. The van der Waals surface area contributed by atoms with E-state index in [2.05, 4.69) is 10.6 Å². The van der Waals surface area contributed by atoms with Crippen LogP contribution in [0.25, 0.3) is 0 Å². The van der Waals surface area contributed by atoms with Gasteiger partial charge in [0.2, 0.25) is 11.8 Å². The van der Waals surface area contributed by atoms with Gasteiger partial charge in [-0.1, -0.05) is 25.3 Å². The first kappa shape index (κ1) is 18.3. The van der Waals surface area contributed by atoms with Crippen LogP contribution in [0.4, 0.5) is 5.69 Å². The second-order valence-electron chi connectivity index (χ2n) is 7.09. The third-order valence-electron chi connectivity index (χ3n) is 4.68. The molecule has 132 valence electrons. The van der Waals surface area contributed by atoms with E-state index in [-0.39, 0.29) is 17.9 Å². The number of ether oxygens (including phenoxy) is 1. The summed E-state index contributed by atoms with van der Waals surface area (Å²) in [4.78, 5) is 25.3. The molecule has 1 saturated carbocycles. The first-order valence-electron chi connectivity index (χ1n) is 8.61. The molecule has 0 heterocycles. The van der Waals surface area contributed by atoms with Crippen molar-refractivity contribution in [1.82, 2.24) is 5.32 Å². The normalized spacial score (nSPS) is 15.7. The monoisotopic (exact) mass is 332 g/mol. The summed E-state index contributed by atoms with van der Waals surface area (Å²) in [5.41, 5.74) is 0.447. The minimum Gasteiger partial charge on any atom is -0.495 e. The molecule has 5 heteroatoms. The molecule has 1 aliphatic carbocycles. The average Bonchev–Trinajstić information content (AvgIpc) is 2.56. The maximum atomic E-state index is 12.7. The van der Waals surface area contributed by atoms with Crippen LogP contribution >= 0.6 is 0 Å². The Morgan fingerprint density at radius 1 is 1.12 bits per heavy atom. The summed E-state index contributed by atoms with van der Waals surface area (Å²) in [6, 6.07) is 5.74. The summed E-state index contributed by atoms with van der Waals surface area (Å²) in [5, 5.41) is 5.87. The number of carbonyl (C=O) groups is 2. The Labute approximate surface area is 144 Å². The van der Waals surface area contributed by atoms with Crippen LogP contribution < -0.4 is 15.4 Å². The molecule has 2 rings (SSSR count). The second-order valence-corrected chi connectivity index (χ2v) is 7.09. The lowest BCUT2D eigenvalue weighted by Gasteiger charge is -2.28. The summed E-state index contributed by atoms with van der Waals surface area (Å²) in [5.74, 6) is 0.0238. The van der Waals surface area contributed by atoms with Crippen LogP contribution in [0.2, 0.25) is 0 Å². The van der Waals surface area contributed by atoms with Gasteiger partial charge in [0.1, 0.15) is 11.2 Å². The van der Waals surface area contributed by atoms with E-state index in [4.69, 9.17) is 4.74 Å². The predicted molar refractivity (Wildman–Crippen MR) is 95.2 cm³/mol. The molecule has 2 N–H and O–H groups in total. The zero-order valence-corrected chi connectivity index (χ0v) is 15.1. The van der Waals surface area contributed by atoms with Crippen molar-refractivity contribution in [3.05, 3.63) is 23.8 Å². The van der Waals surface area contributed by atoms with Crippen LogP contribution in [0.1, 0.15) is 51.5 Å². The first-order chi connectivity index (χ1) is 11.3. The van der Waals surface area contributed by atoms with Crippen molar-refractivity contribution in [1.29, 1.82) is 0 Å². The molecule has 0 bridgehead atoms. The molecule has 1 fully saturated rings. The predicted octanol–water partition coefficient (Wildman–Crippen LogP) is 3.42. The van der Waals surface area contributed by atoms with Crippen molar-refractivity contribution in [2.24, 2.45) is 5.41 Å². The van der Waals surface area contributed by atoms with Crippen molar-refractivity contribution in [2.75, 3.05) is 12.4 Å². The molecular weight excluding hydrogens is 304 g/mol. The van der Waals surface area contributed by atoms with Gasteiger partial charge in [-0.15, -0.1) is 0 Å². The second kappa shape index (κ2) is 7.69. The van der Waals surface area contributed by atoms with Gasteiger partial charge < -0.3 is 15.4 Å². The summed E-state index contributed by atoms with van der Waals surface area (Å²) >= 11 is 0. The van der Waals surface area contributed by atoms with Crippen LogP contribution in [-0.4, -0.2) is 25.0 Å². The molecule has 1 aromatic rings. The summed E-state index contributed by atoms with van der Waals surface area (Å²) in [6.45, 7) is 5.25. The van der Waals surface area contributed by atoms with Crippen molar-refractivity contribution in [3.8, 4) is 5.75 Å². The third-order valence-corrected chi connectivity index (χ3v) is 4.68. The van der Waals surface area contributed by atoms with Crippen LogP contribution in [-0.2, 0) is 9.59 Å². The van der Waals surface area contributed by atoms with Gasteiger partial charge in [-0.05, 0) is 51.3 Å². The van der Waals surface area contributed by atoms with Crippen molar-refractivity contribution in [2.45, 2.75) is 58.9 Å². The highest BCUT2D eigenvalue weighted by Gasteiger charge is 2.37. The van der Waals surface area contributed by atoms with E-state index >= 15 is 0 Å². The molecule has 24 heavy (non-hydrogen) atoms. The molecule has 0 unspecified atom stereocenters. The minimum atomic E-state index is -1.15. The summed E-state index contributed by atoms with van der Waals surface area (Å²) < 4.78 is 5.28.